The summed E-state index contributed by atoms with van der Waals surface area (Å²) in [7, 11) is 0. The molecule has 21 heavy (non-hydrogen) atoms. The smallest absolute Gasteiger partial charge is 0.284 e. The molecule has 2 rings (SSSR count). The average molecular weight is 300 g/mol. The van der Waals surface area contributed by atoms with Gasteiger partial charge >= 0.3 is 6.18 Å². The van der Waals surface area contributed by atoms with E-state index in [-0.39, 0.29) is 5.56 Å². The third-order valence-electron chi connectivity index (χ3n) is 3.74. The molecule has 1 aliphatic heterocycles. The van der Waals surface area contributed by atoms with Gasteiger partial charge in [0.1, 0.15) is 11.9 Å². The molecule has 114 valence electrons. The maximum Gasteiger partial charge on any atom is 0.416 e. The zero-order valence-corrected chi connectivity index (χ0v) is 11.5. The molecule has 1 atom stereocenters. The Kier molecular flexibility index (Phi) is 4.84. The molecule has 0 bridgehead atoms. The van der Waals surface area contributed by atoms with Crippen molar-refractivity contribution in [2.45, 2.75) is 37.9 Å². The van der Waals surface area contributed by atoms with E-state index >= 15 is 0 Å². The number of halogens is 4. The molecule has 1 heterocycles. The minimum Gasteiger partial charge on any atom is -0.284 e. The summed E-state index contributed by atoms with van der Waals surface area (Å²) in [6.45, 7) is 1.18. The summed E-state index contributed by atoms with van der Waals surface area (Å²) in [6.07, 6.45) is -0.909. The summed E-state index contributed by atoms with van der Waals surface area (Å²) in [4.78, 5) is 1.76. The fraction of sp³-hybridized carbons (Fsp3) is 0.533. The SMILES string of the molecule is N#CC(c1ccc(F)cc1C(F)(F)F)N1CCCCCC1. The van der Waals surface area contributed by atoms with Gasteiger partial charge in [-0.1, -0.05) is 18.9 Å². The Balaban J connectivity index is 2.40. The molecule has 0 radical (unpaired) electrons. The summed E-state index contributed by atoms with van der Waals surface area (Å²) < 4.78 is 52.4. The van der Waals surface area contributed by atoms with Gasteiger partial charge in [0, 0.05) is 0 Å². The zero-order valence-electron chi connectivity index (χ0n) is 11.5. The third-order valence-corrected chi connectivity index (χ3v) is 3.74. The lowest BCUT2D eigenvalue weighted by molar-refractivity contribution is -0.138. The van der Waals surface area contributed by atoms with Crippen LogP contribution in [0.25, 0.3) is 0 Å². The molecule has 1 unspecified atom stereocenters. The Bertz CT molecular complexity index is 525. The molecule has 1 saturated heterocycles. The summed E-state index contributed by atoms with van der Waals surface area (Å²) >= 11 is 0. The number of nitrogens with zero attached hydrogens (tertiary/aromatic N) is 2. The Morgan fingerprint density at radius 2 is 1.71 bits per heavy atom. The van der Waals surface area contributed by atoms with Crippen molar-refractivity contribution in [3.05, 3.63) is 35.1 Å². The van der Waals surface area contributed by atoms with Crippen LogP contribution < -0.4 is 0 Å². The lowest BCUT2D eigenvalue weighted by Gasteiger charge is -2.27. The van der Waals surface area contributed by atoms with Crippen LogP contribution in [0.15, 0.2) is 18.2 Å². The van der Waals surface area contributed by atoms with Gasteiger partial charge in [0.25, 0.3) is 0 Å². The third kappa shape index (κ3) is 3.73. The Morgan fingerprint density at radius 3 is 2.24 bits per heavy atom. The van der Waals surface area contributed by atoms with Crippen LogP contribution >= 0.6 is 0 Å². The standard InChI is InChI=1S/C15H16F4N2/c16-11-5-6-12(13(9-11)15(17,18)19)14(10-20)21-7-3-1-2-4-8-21/h5-6,9,14H,1-4,7-8H2. The molecular weight excluding hydrogens is 284 g/mol. The molecule has 0 spiro atoms. The van der Waals surface area contributed by atoms with E-state index in [0.29, 0.717) is 19.2 Å². The molecule has 1 aliphatic rings. The van der Waals surface area contributed by atoms with Crippen LogP contribution in [-0.2, 0) is 6.18 Å². The van der Waals surface area contributed by atoms with Crippen molar-refractivity contribution >= 4 is 0 Å². The molecule has 6 heteroatoms. The molecule has 0 aliphatic carbocycles. The summed E-state index contributed by atoms with van der Waals surface area (Å²) in [5.74, 6) is -0.946. The maximum absolute atomic E-state index is 13.2. The van der Waals surface area contributed by atoms with Crippen LogP contribution in [0.4, 0.5) is 17.6 Å². The van der Waals surface area contributed by atoms with E-state index in [1.54, 1.807) is 4.90 Å². The van der Waals surface area contributed by atoms with E-state index < -0.39 is 23.6 Å². The van der Waals surface area contributed by atoms with Gasteiger partial charge in [-0.15, -0.1) is 0 Å². The van der Waals surface area contributed by atoms with Crippen molar-refractivity contribution in [3.8, 4) is 6.07 Å². The van der Waals surface area contributed by atoms with E-state index in [1.807, 2.05) is 6.07 Å². The minimum absolute atomic E-state index is 0.159. The van der Waals surface area contributed by atoms with Crippen LogP contribution in [-0.4, -0.2) is 18.0 Å². The quantitative estimate of drug-likeness (QED) is 0.762. The van der Waals surface area contributed by atoms with Crippen LogP contribution in [0.2, 0.25) is 0 Å². The van der Waals surface area contributed by atoms with Crippen LogP contribution in [0, 0.1) is 17.1 Å². The van der Waals surface area contributed by atoms with Crippen LogP contribution in [0.3, 0.4) is 0 Å². The van der Waals surface area contributed by atoms with Gasteiger partial charge in [-0.25, -0.2) is 4.39 Å². The first-order chi connectivity index (χ1) is 9.93. The molecule has 2 nitrogen and oxygen atoms in total. The van der Waals surface area contributed by atoms with Crippen molar-refractivity contribution in [2.24, 2.45) is 0 Å². The number of alkyl halides is 3. The Hall–Kier alpha value is -1.61. The second-order valence-corrected chi connectivity index (χ2v) is 5.21. The van der Waals surface area contributed by atoms with E-state index in [9.17, 15) is 22.8 Å². The van der Waals surface area contributed by atoms with Gasteiger partial charge in [-0.2, -0.15) is 18.4 Å². The van der Waals surface area contributed by atoms with Gasteiger partial charge in [0.2, 0.25) is 0 Å². The summed E-state index contributed by atoms with van der Waals surface area (Å²) in [5.41, 5.74) is -1.22. The molecular formula is C15H16F4N2. The molecule has 1 aromatic carbocycles. The number of nitriles is 1. The Morgan fingerprint density at radius 1 is 1.10 bits per heavy atom. The van der Waals surface area contributed by atoms with Crippen LogP contribution in [0.1, 0.15) is 42.9 Å². The lowest BCUT2D eigenvalue weighted by atomic mass is 9.99. The molecule has 0 amide bonds. The monoisotopic (exact) mass is 300 g/mol. The van der Waals surface area contributed by atoms with E-state index in [4.69, 9.17) is 0 Å². The fourth-order valence-corrected chi connectivity index (χ4v) is 2.71. The van der Waals surface area contributed by atoms with Crippen molar-refractivity contribution < 1.29 is 17.6 Å². The highest BCUT2D eigenvalue weighted by Gasteiger charge is 2.37. The lowest BCUT2D eigenvalue weighted by Crippen LogP contribution is -2.30. The predicted molar refractivity (Wildman–Crippen MR) is 69.8 cm³/mol. The highest BCUT2D eigenvalue weighted by molar-refractivity contribution is 5.36. The number of hydrogen-bond donors (Lipinski definition) is 0. The summed E-state index contributed by atoms with van der Waals surface area (Å²) in [6, 6.07) is 3.49. The first kappa shape index (κ1) is 15.8. The van der Waals surface area contributed by atoms with Gasteiger partial charge in [-0.05, 0) is 43.6 Å². The molecule has 0 saturated carbocycles. The molecule has 0 aromatic heterocycles. The van der Waals surface area contributed by atoms with E-state index in [1.165, 1.54) is 0 Å². The first-order valence-electron chi connectivity index (χ1n) is 6.94. The van der Waals surface area contributed by atoms with Crippen molar-refractivity contribution in [1.29, 1.82) is 5.26 Å². The van der Waals surface area contributed by atoms with Crippen LogP contribution in [0.5, 0.6) is 0 Å². The number of rotatable bonds is 2. The average Bonchev–Trinajstić information content (AvgIpc) is 2.69. The number of benzene rings is 1. The summed E-state index contributed by atoms with van der Waals surface area (Å²) in [5, 5.41) is 9.33. The van der Waals surface area contributed by atoms with Gasteiger partial charge in [0.15, 0.2) is 0 Å². The predicted octanol–water partition coefficient (Wildman–Crippen LogP) is 4.29. The first-order valence-corrected chi connectivity index (χ1v) is 6.94. The van der Waals surface area contributed by atoms with Crippen molar-refractivity contribution in [1.82, 2.24) is 4.90 Å². The largest absolute Gasteiger partial charge is 0.416 e. The number of hydrogen-bond acceptors (Lipinski definition) is 2. The normalized spacial score (nSPS) is 18.8. The van der Waals surface area contributed by atoms with Crippen molar-refractivity contribution in [2.75, 3.05) is 13.1 Å². The van der Waals surface area contributed by atoms with E-state index in [0.717, 1.165) is 37.8 Å². The van der Waals surface area contributed by atoms with Crippen molar-refractivity contribution in [3.63, 3.8) is 0 Å². The van der Waals surface area contributed by atoms with Gasteiger partial charge in [-0.3, -0.25) is 4.90 Å². The fourth-order valence-electron chi connectivity index (χ4n) is 2.71. The highest BCUT2D eigenvalue weighted by atomic mass is 19.4. The van der Waals surface area contributed by atoms with E-state index in [2.05, 4.69) is 0 Å². The molecule has 1 fully saturated rings. The highest BCUT2D eigenvalue weighted by Crippen LogP contribution is 2.37. The second-order valence-electron chi connectivity index (χ2n) is 5.21. The molecule has 1 aromatic rings. The second kappa shape index (κ2) is 6.44. The maximum atomic E-state index is 13.2. The number of likely N-dealkylation sites (tertiary alicyclic amines) is 1. The Labute approximate surface area is 121 Å². The zero-order chi connectivity index (χ0) is 15.5. The van der Waals surface area contributed by atoms with Gasteiger partial charge < -0.3 is 0 Å². The van der Waals surface area contributed by atoms with Gasteiger partial charge in [0.05, 0.1) is 11.6 Å². The topological polar surface area (TPSA) is 27.0 Å². The minimum atomic E-state index is -4.67. The molecule has 0 N–H and O–H groups in total.